The normalized spacial score (nSPS) is 10.8. The number of thioether (sulfide) groups is 1. The minimum absolute atomic E-state index is 0.154. The second-order valence-corrected chi connectivity index (χ2v) is 7.35. The van der Waals surface area contributed by atoms with Crippen molar-refractivity contribution >= 4 is 40.8 Å². The third-order valence-electron chi connectivity index (χ3n) is 3.67. The second-order valence-electron chi connectivity index (χ2n) is 5.55. The molecule has 0 unspecified atom stereocenters. The predicted octanol–water partition coefficient (Wildman–Crippen LogP) is 4.05. The first-order valence-electron chi connectivity index (χ1n) is 8.25. The number of furan rings is 1. The molecule has 1 amide bonds. The molecule has 1 N–H and O–H groups in total. The number of anilines is 1. The number of nitrogens with zero attached hydrogens (tertiary/aromatic N) is 2. The monoisotopic (exact) mass is 405 g/mol. The number of thiophene rings is 1. The number of hydrogen-bond acceptors (Lipinski definition) is 7. The van der Waals surface area contributed by atoms with Gasteiger partial charge in [-0.25, -0.2) is 9.78 Å². The minimum Gasteiger partial charge on any atom is -0.461 e. The van der Waals surface area contributed by atoms with Crippen LogP contribution in [0.4, 0.5) is 5.82 Å². The Morgan fingerprint density at radius 2 is 2.19 bits per heavy atom. The summed E-state index contributed by atoms with van der Waals surface area (Å²) >= 11 is 2.97. The minimum atomic E-state index is -0.534. The smallest absolute Gasteiger partial charge is 0.358 e. The van der Waals surface area contributed by atoms with Gasteiger partial charge in [0.2, 0.25) is 0 Å². The first-order valence-corrected chi connectivity index (χ1v) is 10.4. The number of amides is 1. The van der Waals surface area contributed by atoms with Gasteiger partial charge in [0.15, 0.2) is 22.4 Å². The molecule has 0 spiro atoms. The summed E-state index contributed by atoms with van der Waals surface area (Å²) in [6.07, 6.45) is 1.86. The highest BCUT2D eigenvalue weighted by Gasteiger charge is 2.26. The second kappa shape index (κ2) is 8.45. The van der Waals surface area contributed by atoms with Crippen LogP contribution in [0, 0.1) is 6.92 Å². The molecule has 142 valence electrons. The zero-order chi connectivity index (χ0) is 19.4. The van der Waals surface area contributed by atoms with Gasteiger partial charge in [0.05, 0.1) is 13.2 Å². The molecule has 0 saturated heterocycles. The summed E-state index contributed by atoms with van der Waals surface area (Å²) in [4.78, 5) is 30.6. The molecule has 0 fully saturated rings. The molecule has 3 aromatic heterocycles. The van der Waals surface area contributed by atoms with Crippen LogP contribution in [-0.2, 0) is 11.3 Å². The van der Waals surface area contributed by atoms with Gasteiger partial charge < -0.3 is 19.0 Å². The van der Waals surface area contributed by atoms with Crippen molar-refractivity contribution in [2.75, 3.05) is 18.2 Å². The van der Waals surface area contributed by atoms with E-state index in [0.29, 0.717) is 17.5 Å². The lowest BCUT2D eigenvalue weighted by Gasteiger charge is -2.10. The van der Waals surface area contributed by atoms with Crippen LogP contribution in [0.25, 0.3) is 0 Å². The van der Waals surface area contributed by atoms with Crippen molar-refractivity contribution < 1.29 is 18.7 Å². The number of aryl methyl sites for hydroxylation is 1. The Labute approximate surface area is 164 Å². The number of carbonyl (C=O) groups is 2. The van der Waals surface area contributed by atoms with Crippen molar-refractivity contribution in [1.82, 2.24) is 9.55 Å². The molecule has 0 aliphatic heterocycles. The molecule has 3 heterocycles. The van der Waals surface area contributed by atoms with E-state index >= 15 is 0 Å². The Kier molecular flexibility index (Phi) is 6.02. The van der Waals surface area contributed by atoms with E-state index < -0.39 is 11.9 Å². The van der Waals surface area contributed by atoms with Gasteiger partial charge in [-0.3, -0.25) is 4.79 Å². The Balaban J connectivity index is 1.99. The van der Waals surface area contributed by atoms with Gasteiger partial charge in [0.1, 0.15) is 5.76 Å². The average molecular weight is 406 g/mol. The summed E-state index contributed by atoms with van der Waals surface area (Å²) in [6.45, 7) is 4.17. The van der Waals surface area contributed by atoms with Crippen LogP contribution in [0.3, 0.4) is 0 Å². The van der Waals surface area contributed by atoms with Gasteiger partial charge in [-0.15, -0.1) is 11.3 Å². The third-order valence-corrected chi connectivity index (χ3v) is 5.21. The maximum atomic E-state index is 12.6. The first kappa shape index (κ1) is 19.2. The quantitative estimate of drug-likeness (QED) is 0.471. The Morgan fingerprint density at radius 1 is 1.37 bits per heavy atom. The third kappa shape index (κ3) is 4.25. The first-order chi connectivity index (χ1) is 13.0. The number of imidazole rings is 1. The van der Waals surface area contributed by atoms with Crippen LogP contribution in [0.15, 0.2) is 39.2 Å². The van der Waals surface area contributed by atoms with Crippen LogP contribution in [0.1, 0.15) is 38.6 Å². The Hall–Kier alpha value is -2.52. The number of hydrogen-bond donors (Lipinski definition) is 1. The standard InChI is InChI=1S/C18H19N3O4S2/c1-4-24-17(23)14-15(19-16(22)13-8-7-11(2)25-13)20-18(26-3)21(14)10-12-6-5-9-27-12/h5-9H,4,10H2,1-3H3,(H,19,22). The molecule has 0 bridgehead atoms. The molecule has 9 heteroatoms. The summed E-state index contributed by atoms with van der Waals surface area (Å²) in [5.41, 5.74) is 0.214. The van der Waals surface area contributed by atoms with E-state index in [4.69, 9.17) is 9.15 Å². The number of ether oxygens (including phenoxy) is 1. The van der Waals surface area contributed by atoms with Crippen molar-refractivity contribution in [3.05, 3.63) is 51.7 Å². The molecular weight excluding hydrogens is 386 g/mol. The van der Waals surface area contributed by atoms with Gasteiger partial charge in [-0.2, -0.15) is 0 Å². The fourth-order valence-corrected chi connectivity index (χ4v) is 3.76. The molecule has 0 aliphatic rings. The van der Waals surface area contributed by atoms with E-state index in [1.807, 2.05) is 23.8 Å². The van der Waals surface area contributed by atoms with Gasteiger partial charge in [-0.05, 0) is 43.7 Å². The summed E-state index contributed by atoms with van der Waals surface area (Å²) < 4.78 is 12.3. The average Bonchev–Trinajstić information content (AvgIpc) is 3.36. The van der Waals surface area contributed by atoms with Gasteiger partial charge in [-0.1, -0.05) is 17.8 Å². The highest BCUT2D eigenvalue weighted by Crippen LogP contribution is 2.27. The molecule has 0 aliphatic carbocycles. The molecular formula is C18H19N3O4S2. The van der Waals surface area contributed by atoms with Gasteiger partial charge >= 0.3 is 5.97 Å². The number of carbonyl (C=O) groups excluding carboxylic acids is 2. The van der Waals surface area contributed by atoms with Crippen LogP contribution in [-0.4, -0.2) is 34.3 Å². The van der Waals surface area contributed by atoms with Crippen LogP contribution >= 0.6 is 23.1 Å². The van der Waals surface area contributed by atoms with Crippen LogP contribution in [0.2, 0.25) is 0 Å². The van der Waals surface area contributed by atoms with E-state index in [0.717, 1.165) is 4.88 Å². The summed E-state index contributed by atoms with van der Waals surface area (Å²) in [5, 5.41) is 5.26. The maximum Gasteiger partial charge on any atom is 0.358 e. The lowest BCUT2D eigenvalue weighted by Crippen LogP contribution is -2.18. The lowest BCUT2D eigenvalue weighted by atomic mass is 10.3. The zero-order valence-corrected chi connectivity index (χ0v) is 16.8. The van der Waals surface area contributed by atoms with Crippen molar-refractivity contribution in [3.63, 3.8) is 0 Å². The summed E-state index contributed by atoms with van der Waals surface area (Å²) in [6, 6.07) is 7.20. The number of esters is 1. The number of nitrogens with one attached hydrogen (secondary N) is 1. The SMILES string of the molecule is CCOC(=O)c1c(NC(=O)c2ccc(C)o2)nc(SC)n1Cc1cccs1. The molecule has 0 radical (unpaired) electrons. The fourth-order valence-electron chi connectivity index (χ4n) is 2.51. The Morgan fingerprint density at radius 3 is 2.78 bits per heavy atom. The Bertz CT molecular complexity index is 944. The number of rotatable bonds is 7. The van der Waals surface area contributed by atoms with Gasteiger partial charge in [0, 0.05) is 4.88 Å². The molecule has 0 saturated carbocycles. The molecule has 3 aromatic rings. The van der Waals surface area contributed by atoms with Crippen molar-refractivity contribution in [1.29, 1.82) is 0 Å². The van der Waals surface area contributed by atoms with Crippen molar-refractivity contribution in [2.45, 2.75) is 25.5 Å². The van der Waals surface area contributed by atoms with Crippen LogP contribution in [0.5, 0.6) is 0 Å². The van der Waals surface area contributed by atoms with Crippen molar-refractivity contribution in [3.8, 4) is 0 Å². The molecule has 3 rings (SSSR count). The van der Waals surface area contributed by atoms with Gasteiger partial charge in [0.25, 0.3) is 5.91 Å². The topological polar surface area (TPSA) is 86.4 Å². The van der Waals surface area contributed by atoms with Crippen molar-refractivity contribution in [2.24, 2.45) is 0 Å². The van der Waals surface area contributed by atoms with E-state index in [2.05, 4.69) is 10.3 Å². The van der Waals surface area contributed by atoms with E-state index in [1.54, 1.807) is 41.9 Å². The molecule has 7 nitrogen and oxygen atoms in total. The predicted molar refractivity (Wildman–Crippen MR) is 105 cm³/mol. The number of aromatic nitrogens is 2. The van der Waals surface area contributed by atoms with Crippen LogP contribution < -0.4 is 5.32 Å². The lowest BCUT2D eigenvalue weighted by molar-refractivity contribution is 0.0514. The summed E-state index contributed by atoms with van der Waals surface area (Å²) in [5.74, 6) is -0.0668. The highest BCUT2D eigenvalue weighted by atomic mass is 32.2. The van der Waals surface area contributed by atoms with E-state index in [-0.39, 0.29) is 23.9 Å². The van der Waals surface area contributed by atoms with E-state index in [1.165, 1.54) is 11.8 Å². The summed E-state index contributed by atoms with van der Waals surface area (Å²) in [7, 11) is 0. The fraction of sp³-hybridized carbons (Fsp3) is 0.278. The van der Waals surface area contributed by atoms with E-state index in [9.17, 15) is 9.59 Å². The molecule has 27 heavy (non-hydrogen) atoms. The largest absolute Gasteiger partial charge is 0.461 e. The zero-order valence-electron chi connectivity index (χ0n) is 15.1. The maximum absolute atomic E-state index is 12.6. The molecule has 0 aromatic carbocycles. The molecule has 0 atom stereocenters. The highest BCUT2D eigenvalue weighted by molar-refractivity contribution is 7.98.